The summed E-state index contributed by atoms with van der Waals surface area (Å²) in [5.74, 6) is -0.102. The zero-order valence-electron chi connectivity index (χ0n) is 16.7. The molecule has 1 aromatic carbocycles. The minimum atomic E-state index is -0.137. The van der Waals surface area contributed by atoms with Gasteiger partial charge in [-0.25, -0.2) is 0 Å². The Kier molecular flexibility index (Phi) is 4.69. The van der Waals surface area contributed by atoms with Crippen molar-refractivity contribution in [2.24, 2.45) is 5.73 Å². The number of nitrogens with one attached hydrogen (secondary N) is 2. The van der Waals surface area contributed by atoms with Gasteiger partial charge in [-0.3, -0.25) is 9.48 Å². The Balaban J connectivity index is 1.23. The number of nitrogens with zero attached hydrogens (tertiary/aromatic N) is 2. The van der Waals surface area contributed by atoms with E-state index in [1.807, 2.05) is 28.9 Å². The molecule has 7 heteroatoms. The monoisotopic (exact) mass is 395 g/mol. The molecule has 1 aromatic heterocycles. The third kappa shape index (κ3) is 3.37. The highest BCUT2D eigenvalue weighted by Crippen LogP contribution is 2.43. The van der Waals surface area contributed by atoms with Crippen LogP contribution in [-0.2, 0) is 23.3 Å². The molecule has 154 valence electrons. The summed E-state index contributed by atoms with van der Waals surface area (Å²) in [6, 6.07) is 12.4. The summed E-state index contributed by atoms with van der Waals surface area (Å²) < 4.78 is 8.15. The van der Waals surface area contributed by atoms with Crippen molar-refractivity contribution < 1.29 is 9.53 Å². The average molecular weight is 396 g/mol. The van der Waals surface area contributed by atoms with Crippen LogP contribution in [-0.4, -0.2) is 47.0 Å². The van der Waals surface area contributed by atoms with E-state index < -0.39 is 0 Å². The lowest BCUT2D eigenvalue weighted by atomic mass is 9.61. The molecule has 0 radical (unpaired) electrons. The minimum Gasteiger partial charge on any atom is -0.367 e. The highest BCUT2D eigenvalue weighted by atomic mass is 16.5. The van der Waals surface area contributed by atoms with Crippen molar-refractivity contribution >= 4 is 5.91 Å². The summed E-state index contributed by atoms with van der Waals surface area (Å²) in [7, 11) is 0. The fourth-order valence-electron chi connectivity index (χ4n) is 5.11. The van der Waals surface area contributed by atoms with Crippen LogP contribution in [0, 0.1) is 0 Å². The molecule has 0 atom stereocenters. The normalized spacial score (nSPS) is 27.8. The van der Waals surface area contributed by atoms with Crippen LogP contribution in [0.25, 0.3) is 0 Å². The molecule has 2 aliphatic heterocycles. The molecule has 0 unspecified atom stereocenters. The smallest absolute Gasteiger partial charge is 0.272 e. The number of carbonyl (C=O) groups excluding carboxylic acids is 1. The van der Waals surface area contributed by atoms with Gasteiger partial charge in [-0.15, -0.1) is 0 Å². The second-order valence-electron chi connectivity index (χ2n) is 8.83. The first-order chi connectivity index (χ1) is 14.1. The van der Waals surface area contributed by atoms with Gasteiger partial charge in [0.25, 0.3) is 5.91 Å². The Bertz CT molecular complexity index is 882. The largest absolute Gasteiger partial charge is 0.367 e. The van der Waals surface area contributed by atoms with Crippen molar-refractivity contribution in [3.8, 4) is 0 Å². The molecule has 1 saturated heterocycles. The van der Waals surface area contributed by atoms with Gasteiger partial charge in [0.1, 0.15) is 0 Å². The summed E-state index contributed by atoms with van der Waals surface area (Å²) in [5, 5.41) is 11.1. The number of aromatic nitrogens is 2. The lowest BCUT2D eigenvalue weighted by Crippen LogP contribution is -2.56. The third-order valence-corrected chi connectivity index (χ3v) is 6.96. The van der Waals surface area contributed by atoms with Gasteiger partial charge in [-0.1, -0.05) is 30.3 Å². The molecule has 1 spiro atoms. The number of fused-ring (bicyclic) bond motifs is 1. The van der Waals surface area contributed by atoms with Gasteiger partial charge in [0, 0.05) is 18.0 Å². The number of nitrogens with two attached hydrogens (primary N) is 1. The second kappa shape index (κ2) is 7.23. The first-order valence-corrected chi connectivity index (χ1v) is 10.6. The molecule has 3 heterocycles. The van der Waals surface area contributed by atoms with Crippen molar-refractivity contribution in [1.82, 2.24) is 20.4 Å². The van der Waals surface area contributed by atoms with Crippen molar-refractivity contribution in [3.63, 3.8) is 0 Å². The molecule has 4 N–H and O–H groups in total. The molecular weight excluding hydrogens is 366 g/mol. The average Bonchev–Trinajstić information content (AvgIpc) is 3.14. The van der Waals surface area contributed by atoms with Crippen LogP contribution < -0.4 is 16.4 Å². The number of hydrogen-bond acceptors (Lipinski definition) is 5. The molecule has 0 bridgehead atoms. The summed E-state index contributed by atoms with van der Waals surface area (Å²) in [4.78, 5) is 12.8. The van der Waals surface area contributed by atoms with Crippen LogP contribution in [0.4, 0.5) is 0 Å². The van der Waals surface area contributed by atoms with Crippen molar-refractivity contribution in [2.45, 2.75) is 55.9 Å². The fraction of sp³-hybridized carbons (Fsp3) is 0.545. The Labute approximate surface area is 171 Å². The van der Waals surface area contributed by atoms with Crippen LogP contribution in [0.1, 0.15) is 47.4 Å². The number of carbonyl (C=O) groups is 1. The maximum atomic E-state index is 12.8. The van der Waals surface area contributed by atoms with E-state index in [-0.39, 0.29) is 23.0 Å². The summed E-state index contributed by atoms with van der Waals surface area (Å²) >= 11 is 0. The fourth-order valence-corrected chi connectivity index (χ4v) is 5.11. The minimum absolute atomic E-state index is 0.0259. The van der Waals surface area contributed by atoms with Crippen LogP contribution >= 0.6 is 0 Å². The summed E-state index contributed by atoms with van der Waals surface area (Å²) in [6.07, 6.45) is 3.70. The molecule has 3 aliphatic rings. The van der Waals surface area contributed by atoms with E-state index in [9.17, 15) is 4.79 Å². The molecule has 29 heavy (non-hydrogen) atoms. The lowest BCUT2D eigenvalue weighted by molar-refractivity contribution is -0.109. The van der Waals surface area contributed by atoms with E-state index in [4.69, 9.17) is 10.5 Å². The van der Waals surface area contributed by atoms with E-state index in [0.29, 0.717) is 18.8 Å². The zero-order valence-corrected chi connectivity index (χ0v) is 16.7. The van der Waals surface area contributed by atoms with E-state index in [0.717, 1.165) is 51.0 Å². The van der Waals surface area contributed by atoms with E-state index in [1.165, 1.54) is 5.56 Å². The first-order valence-electron chi connectivity index (χ1n) is 10.6. The van der Waals surface area contributed by atoms with Gasteiger partial charge in [-0.2, -0.15) is 5.10 Å². The number of benzene rings is 1. The maximum Gasteiger partial charge on any atom is 0.272 e. The van der Waals surface area contributed by atoms with Crippen molar-refractivity contribution in [2.75, 3.05) is 19.6 Å². The molecular formula is C22H29N5O2. The predicted octanol–water partition coefficient (Wildman–Crippen LogP) is 1.32. The highest BCUT2D eigenvalue weighted by Gasteiger charge is 2.45. The molecule has 5 rings (SSSR count). The molecule has 7 nitrogen and oxygen atoms in total. The van der Waals surface area contributed by atoms with Crippen LogP contribution in [0.15, 0.2) is 36.4 Å². The van der Waals surface area contributed by atoms with Gasteiger partial charge >= 0.3 is 0 Å². The lowest BCUT2D eigenvalue weighted by Gasteiger charge is -2.47. The first kappa shape index (κ1) is 18.8. The van der Waals surface area contributed by atoms with Crippen LogP contribution in [0.3, 0.4) is 0 Å². The Morgan fingerprint density at radius 3 is 2.76 bits per heavy atom. The molecule has 1 aliphatic carbocycles. The Hall–Kier alpha value is -2.22. The standard InChI is InChI=1S/C22H29N5O2/c23-14-21(16-4-2-1-3-5-16)11-17(12-21)25-20(28)19-10-18-13-29-22(15-27(18)26-19)6-8-24-9-7-22/h1-5,10,17,24H,6-9,11-15,23H2,(H,25,28). The third-order valence-electron chi connectivity index (χ3n) is 6.96. The Morgan fingerprint density at radius 2 is 2.03 bits per heavy atom. The molecule has 1 saturated carbocycles. The van der Waals surface area contributed by atoms with E-state index in [1.54, 1.807) is 0 Å². The van der Waals surface area contributed by atoms with Crippen LogP contribution in [0.2, 0.25) is 0 Å². The second-order valence-corrected chi connectivity index (χ2v) is 8.83. The maximum absolute atomic E-state index is 12.8. The van der Waals surface area contributed by atoms with Gasteiger partial charge in [0.15, 0.2) is 5.69 Å². The SMILES string of the molecule is NCC1(c2ccccc2)CC(NC(=O)c2cc3n(n2)CC2(CCNCC2)OC3)C1. The quantitative estimate of drug-likeness (QED) is 0.726. The van der Waals surface area contributed by atoms with E-state index >= 15 is 0 Å². The van der Waals surface area contributed by atoms with Crippen molar-refractivity contribution in [1.29, 1.82) is 0 Å². The number of ether oxygens (including phenoxy) is 1. The predicted molar refractivity (Wildman–Crippen MR) is 110 cm³/mol. The van der Waals surface area contributed by atoms with Gasteiger partial charge in [0.2, 0.25) is 0 Å². The number of rotatable bonds is 4. The summed E-state index contributed by atoms with van der Waals surface area (Å²) in [6.45, 7) is 3.78. The molecule has 1 amide bonds. The Morgan fingerprint density at radius 1 is 1.28 bits per heavy atom. The molecule has 2 fully saturated rings. The van der Waals surface area contributed by atoms with Gasteiger partial charge in [-0.05, 0) is 50.4 Å². The number of piperidine rings is 1. The highest BCUT2D eigenvalue weighted by molar-refractivity contribution is 5.92. The summed E-state index contributed by atoms with van der Waals surface area (Å²) in [5.41, 5.74) is 8.65. The number of amides is 1. The number of hydrogen-bond donors (Lipinski definition) is 3. The van der Waals surface area contributed by atoms with Gasteiger partial charge in [0.05, 0.1) is 24.4 Å². The van der Waals surface area contributed by atoms with Gasteiger partial charge < -0.3 is 21.1 Å². The van der Waals surface area contributed by atoms with Crippen molar-refractivity contribution in [3.05, 3.63) is 53.3 Å². The van der Waals surface area contributed by atoms with E-state index in [2.05, 4.69) is 27.9 Å². The topological polar surface area (TPSA) is 94.2 Å². The molecule has 2 aromatic rings. The van der Waals surface area contributed by atoms with Crippen LogP contribution in [0.5, 0.6) is 0 Å². The zero-order chi connectivity index (χ0) is 19.9.